The van der Waals surface area contributed by atoms with Gasteiger partial charge in [-0.05, 0) is 68.6 Å². The summed E-state index contributed by atoms with van der Waals surface area (Å²) in [4.78, 5) is 25.4. The Morgan fingerprint density at radius 1 is 1.16 bits per heavy atom. The number of nitrogens with zero attached hydrogens (tertiary/aromatic N) is 3. The molecule has 166 valence electrons. The van der Waals surface area contributed by atoms with Crippen molar-refractivity contribution in [1.29, 1.82) is 0 Å². The zero-order chi connectivity index (χ0) is 22.1. The van der Waals surface area contributed by atoms with Crippen LogP contribution in [-0.2, 0) is 4.79 Å². The molecular formula is C25H27ClN4OS. The van der Waals surface area contributed by atoms with Crippen molar-refractivity contribution < 1.29 is 4.79 Å². The molecule has 1 aliphatic heterocycles. The Hall–Kier alpha value is -2.28. The molecule has 5 nitrogen and oxygen atoms in total. The molecule has 1 aliphatic carbocycles. The van der Waals surface area contributed by atoms with E-state index in [9.17, 15) is 4.79 Å². The van der Waals surface area contributed by atoms with Crippen molar-refractivity contribution in [2.24, 2.45) is 5.92 Å². The second kappa shape index (κ2) is 9.30. The van der Waals surface area contributed by atoms with E-state index in [-0.39, 0.29) is 11.7 Å². The number of thiazole rings is 1. The highest BCUT2D eigenvalue weighted by atomic mass is 35.5. The number of rotatable bonds is 5. The van der Waals surface area contributed by atoms with E-state index < -0.39 is 0 Å². The van der Waals surface area contributed by atoms with E-state index in [0.717, 1.165) is 84.2 Å². The first-order chi connectivity index (χ1) is 15.6. The predicted octanol–water partition coefficient (Wildman–Crippen LogP) is 5.36. The number of aromatic nitrogens is 2. The molecule has 1 saturated heterocycles. The molecule has 32 heavy (non-hydrogen) atoms. The zero-order valence-corrected chi connectivity index (χ0v) is 19.8. The number of hydrogen-bond acceptors (Lipinski definition) is 6. The summed E-state index contributed by atoms with van der Waals surface area (Å²) in [6.45, 7) is 6.01. The molecule has 1 N–H and O–H groups in total. The quantitative estimate of drug-likeness (QED) is 0.513. The maximum absolute atomic E-state index is 13.4. The number of benzene rings is 1. The number of ketones is 1. The minimum Gasteiger partial charge on any atom is -0.355 e. The molecule has 0 radical (unpaired) electrons. The number of Topliss-reactive ketones (excluding diaryl/α,β-unsaturated/α-hetero) is 1. The molecule has 2 fully saturated rings. The summed E-state index contributed by atoms with van der Waals surface area (Å²) in [5.74, 6) is 1.29. The Morgan fingerprint density at radius 3 is 2.78 bits per heavy atom. The van der Waals surface area contributed by atoms with E-state index in [4.69, 9.17) is 21.6 Å². The number of hydrogen-bond donors (Lipinski definition) is 1. The Morgan fingerprint density at radius 2 is 2.03 bits per heavy atom. The number of halogens is 1. The van der Waals surface area contributed by atoms with E-state index in [1.807, 2.05) is 31.2 Å². The SMILES string of the molecule is Cc1nc(N2CCCNCC2)ccc1/C=C(\C(=O)C1CCC1)c1nc2c(Cl)cccc2s1. The second-order valence-electron chi connectivity index (χ2n) is 8.59. The number of para-hydroxylation sites is 1. The van der Waals surface area contributed by atoms with Gasteiger partial charge in [-0.25, -0.2) is 9.97 Å². The van der Waals surface area contributed by atoms with Gasteiger partial charge in [0.1, 0.15) is 16.3 Å². The number of anilines is 1. The van der Waals surface area contributed by atoms with Crippen LogP contribution in [0.25, 0.3) is 21.9 Å². The normalized spacial score (nSPS) is 17.9. The summed E-state index contributed by atoms with van der Waals surface area (Å²) < 4.78 is 1.000. The van der Waals surface area contributed by atoms with Crippen LogP contribution in [0.5, 0.6) is 0 Å². The van der Waals surface area contributed by atoms with Gasteiger partial charge in [-0.3, -0.25) is 4.79 Å². The van der Waals surface area contributed by atoms with Crippen LogP contribution in [0, 0.1) is 12.8 Å². The zero-order valence-electron chi connectivity index (χ0n) is 18.2. The van der Waals surface area contributed by atoms with Crippen LogP contribution in [0.2, 0.25) is 5.02 Å². The van der Waals surface area contributed by atoms with Crippen molar-refractivity contribution in [1.82, 2.24) is 15.3 Å². The Labute approximate surface area is 197 Å². The maximum Gasteiger partial charge on any atom is 0.168 e. The maximum atomic E-state index is 13.4. The van der Waals surface area contributed by atoms with Crippen LogP contribution in [0.1, 0.15) is 41.9 Å². The number of allylic oxidation sites excluding steroid dienone is 1. The van der Waals surface area contributed by atoms with Crippen LogP contribution in [0.4, 0.5) is 5.82 Å². The first-order valence-corrected chi connectivity index (χ1v) is 12.5. The molecule has 0 bridgehead atoms. The van der Waals surface area contributed by atoms with Gasteiger partial charge in [-0.1, -0.05) is 24.1 Å². The molecule has 0 spiro atoms. The van der Waals surface area contributed by atoms with E-state index in [0.29, 0.717) is 10.6 Å². The van der Waals surface area contributed by atoms with Gasteiger partial charge in [0, 0.05) is 31.2 Å². The smallest absolute Gasteiger partial charge is 0.168 e. The molecule has 7 heteroatoms. The van der Waals surface area contributed by atoms with Gasteiger partial charge in [0.15, 0.2) is 5.78 Å². The standard InChI is InChI=1S/C25H27ClN4OS/c1-16-18(9-10-22(28-16)30-13-4-11-27-12-14-30)15-19(24(31)17-5-2-6-17)25-29-23-20(26)7-3-8-21(23)32-25/h3,7-10,15,17,27H,2,4-6,11-14H2,1H3/b19-15+. The molecule has 1 aromatic carbocycles. The fraction of sp³-hybridized carbons (Fsp3) is 0.400. The second-order valence-corrected chi connectivity index (χ2v) is 10.0. The molecule has 1 saturated carbocycles. The van der Waals surface area contributed by atoms with Gasteiger partial charge in [-0.2, -0.15) is 0 Å². The minimum absolute atomic E-state index is 0.0980. The fourth-order valence-corrected chi connectivity index (χ4v) is 5.56. The van der Waals surface area contributed by atoms with Crippen LogP contribution < -0.4 is 10.2 Å². The molecule has 2 aromatic heterocycles. The van der Waals surface area contributed by atoms with Gasteiger partial charge in [-0.15, -0.1) is 11.3 Å². The van der Waals surface area contributed by atoms with Crippen LogP contribution >= 0.6 is 22.9 Å². The molecule has 3 aromatic rings. The highest BCUT2D eigenvalue weighted by Gasteiger charge is 2.30. The topological polar surface area (TPSA) is 58.1 Å². The average molecular weight is 467 g/mol. The molecule has 3 heterocycles. The Kier molecular flexibility index (Phi) is 6.26. The highest BCUT2D eigenvalue weighted by molar-refractivity contribution is 7.20. The summed E-state index contributed by atoms with van der Waals surface area (Å²) in [5.41, 5.74) is 3.34. The van der Waals surface area contributed by atoms with Crippen molar-refractivity contribution in [3.05, 3.63) is 51.6 Å². The fourth-order valence-electron chi connectivity index (χ4n) is 4.28. The van der Waals surface area contributed by atoms with Crippen molar-refractivity contribution in [3.8, 4) is 0 Å². The lowest BCUT2D eigenvalue weighted by molar-refractivity contribution is -0.119. The molecular weight excluding hydrogens is 440 g/mol. The Balaban J connectivity index is 1.52. The first kappa shape index (κ1) is 21.6. The Bertz CT molecular complexity index is 1180. The summed E-state index contributed by atoms with van der Waals surface area (Å²) in [5, 5.41) is 4.80. The van der Waals surface area contributed by atoms with Crippen molar-refractivity contribution in [2.75, 3.05) is 31.1 Å². The van der Waals surface area contributed by atoms with Crippen molar-refractivity contribution in [3.63, 3.8) is 0 Å². The van der Waals surface area contributed by atoms with Crippen LogP contribution in [0.15, 0.2) is 30.3 Å². The van der Waals surface area contributed by atoms with Crippen molar-refractivity contribution in [2.45, 2.75) is 32.6 Å². The monoisotopic (exact) mass is 466 g/mol. The molecule has 5 rings (SSSR count). The number of fused-ring (bicyclic) bond motifs is 1. The van der Waals surface area contributed by atoms with Crippen LogP contribution in [0.3, 0.4) is 0 Å². The van der Waals surface area contributed by atoms with E-state index in [2.05, 4.69) is 22.3 Å². The summed E-state index contributed by atoms with van der Waals surface area (Å²) >= 11 is 7.90. The predicted molar refractivity (Wildman–Crippen MR) is 134 cm³/mol. The minimum atomic E-state index is 0.0980. The summed E-state index contributed by atoms with van der Waals surface area (Å²) in [6, 6.07) is 9.94. The average Bonchev–Trinajstić information content (AvgIpc) is 2.99. The highest BCUT2D eigenvalue weighted by Crippen LogP contribution is 2.37. The lowest BCUT2D eigenvalue weighted by atomic mass is 9.79. The van der Waals surface area contributed by atoms with Gasteiger partial charge >= 0.3 is 0 Å². The number of aryl methyl sites for hydroxylation is 1. The van der Waals surface area contributed by atoms with Crippen molar-refractivity contribution >= 4 is 56.4 Å². The van der Waals surface area contributed by atoms with Gasteiger partial charge in [0.25, 0.3) is 0 Å². The molecule has 0 unspecified atom stereocenters. The lowest BCUT2D eigenvalue weighted by Crippen LogP contribution is -2.28. The number of pyridine rings is 1. The number of carbonyl (C=O) groups excluding carboxylic acids is 1. The summed E-state index contributed by atoms with van der Waals surface area (Å²) in [7, 11) is 0. The van der Waals surface area contributed by atoms with Gasteiger partial charge in [0.05, 0.1) is 15.3 Å². The number of carbonyl (C=O) groups is 1. The largest absolute Gasteiger partial charge is 0.355 e. The van der Waals surface area contributed by atoms with Crippen LogP contribution in [-0.4, -0.2) is 41.9 Å². The molecule has 2 aliphatic rings. The third kappa shape index (κ3) is 4.32. The van der Waals surface area contributed by atoms with Gasteiger partial charge in [0.2, 0.25) is 0 Å². The van der Waals surface area contributed by atoms with Gasteiger partial charge < -0.3 is 10.2 Å². The third-order valence-corrected chi connectivity index (χ3v) is 7.78. The van der Waals surface area contributed by atoms with E-state index in [1.54, 1.807) is 0 Å². The third-order valence-electron chi connectivity index (χ3n) is 6.42. The summed E-state index contributed by atoms with van der Waals surface area (Å²) in [6.07, 6.45) is 6.14. The number of nitrogens with one attached hydrogen (secondary N) is 1. The van der Waals surface area contributed by atoms with E-state index >= 15 is 0 Å². The first-order valence-electron chi connectivity index (χ1n) is 11.3. The molecule has 0 atom stereocenters. The lowest BCUT2D eigenvalue weighted by Gasteiger charge is -2.24. The van der Waals surface area contributed by atoms with E-state index in [1.165, 1.54) is 11.3 Å². The molecule has 0 amide bonds.